The molecule has 6 nitrogen and oxygen atoms in total. The highest BCUT2D eigenvalue weighted by Gasteiger charge is 2.73. The van der Waals surface area contributed by atoms with Crippen LogP contribution in [-0.2, 0) is 14.8 Å². The second kappa shape index (κ2) is 5.31. The highest BCUT2D eigenvalue weighted by molar-refractivity contribution is 7.91. The minimum Gasteiger partial charge on any atom is -0.244 e. The van der Waals surface area contributed by atoms with Crippen molar-refractivity contribution in [2.75, 3.05) is 0 Å². The Labute approximate surface area is 110 Å². The zero-order chi connectivity index (χ0) is 17.3. The fourth-order valence-corrected chi connectivity index (χ4v) is 1.20. The van der Waals surface area contributed by atoms with Gasteiger partial charge in [-0.2, -0.15) is 35.1 Å². The first kappa shape index (κ1) is 19.4. The summed E-state index contributed by atoms with van der Waals surface area (Å²) in [5, 5.41) is -6.53. The molecule has 122 valence electrons. The molecule has 0 bridgehead atoms. The number of sulfonamides is 1. The lowest BCUT2D eigenvalue weighted by atomic mass is 10.3. The Kier molecular flexibility index (Phi) is 4.90. The molecule has 0 aromatic carbocycles. The summed E-state index contributed by atoms with van der Waals surface area (Å²) >= 11 is 0. The predicted octanol–water partition coefficient (Wildman–Crippen LogP) is 3.24. The largest absolute Gasteiger partial charge is 0.441 e. The quantitative estimate of drug-likeness (QED) is 0.232. The van der Waals surface area contributed by atoms with Crippen LogP contribution in [0.4, 0.5) is 35.1 Å². The highest BCUT2D eigenvalue weighted by atomic mass is 32.2. The molecule has 0 heterocycles. The number of ether oxygens (including phenoxy) is 1. The average molecular weight is 349 g/mol. The molecule has 0 unspecified atom stereocenters. The monoisotopic (exact) mass is 349 g/mol. The van der Waals surface area contributed by atoms with Crippen molar-refractivity contribution in [1.82, 2.24) is 0 Å². The van der Waals surface area contributed by atoms with Crippen LogP contribution in [0.5, 0.6) is 0 Å². The van der Waals surface area contributed by atoms with E-state index < -0.39 is 39.5 Å². The van der Waals surface area contributed by atoms with Gasteiger partial charge < -0.3 is 0 Å². The van der Waals surface area contributed by atoms with Gasteiger partial charge in [0.2, 0.25) is 0 Å². The van der Waals surface area contributed by atoms with Gasteiger partial charge in [0.1, 0.15) is 0 Å². The van der Waals surface area contributed by atoms with Crippen LogP contribution in [-0.4, -0.2) is 31.8 Å². The fraction of sp³-hybridized carbons (Fsp3) is 0.667. The fourth-order valence-electron chi connectivity index (χ4n) is 0.657. The summed E-state index contributed by atoms with van der Waals surface area (Å²) in [4.78, 5) is 1.26. The molecule has 0 aliphatic rings. The Balaban J connectivity index is 5.81. The number of azide groups is 1. The van der Waals surface area contributed by atoms with Crippen LogP contribution in [0.2, 0.25) is 0 Å². The van der Waals surface area contributed by atoms with E-state index in [0.717, 1.165) is 0 Å². The molecule has 0 saturated carbocycles. The van der Waals surface area contributed by atoms with E-state index in [-0.39, 0.29) is 0 Å². The number of alkyl halides is 8. The zero-order valence-electron chi connectivity index (χ0n) is 9.28. The molecule has 15 heteroatoms. The lowest BCUT2D eigenvalue weighted by Crippen LogP contribution is -2.55. The van der Waals surface area contributed by atoms with Crippen LogP contribution >= 0.6 is 0 Å². The van der Waals surface area contributed by atoms with Crippen molar-refractivity contribution < 1.29 is 48.3 Å². The third-order valence-electron chi connectivity index (χ3n) is 1.71. The van der Waals surface area contributed by atoms with E-state index in [1.54, 1.807) is 0 Å². The van der Waals surface area contributed by atoms with Crippen molar-refractivity contribution in [3.8, 4) is 0 Å². The van der Waals surface area contributed by atoms with Crippen LogP contribution in [0.15, 0.2) is 17.2 Å². The Morgan fingerprint density at radius 3 is 1.81 bits per heavy atom. The van der Waals surface area contributed by atoms with Crippen LogP contribution in [0.3, 0.4) is 0 Å². The smallest absolute Gasteiger partial charge is 0.244 e. The van der Waals surface area contributed by atoms with E-state index in [9.17, 15) is 43.5 Å². The molecule has 0 atom stereocenters. The minimum absolute atomic E-state index is 0.886. The third-order valence-corrected chi connectivity index (χ3v) is 2.88. The van der Waals surface area contributed by atoms with Gasteiger partial charge in [-0.1, -0.05) is 6.58 Å². The van der Waals surface area contributed by atoms with Crippen LogP contribution in [0, 0.1) is 0 Å². The maximum Gasteiger partial charge on any atom is 0.441 e. The van der Waals surface area contributed by atoms with Crippen molar-refractivity contribution in [2.45, 2.75) is 23.4 Å². The van der Waals surface area contributed by atoms with E-state index in [2.05, 4.69) is 6.58 Å². The summed E-state index contributed by atoms with van der Waals surface area (Å²) in [6.07, 6.45) is -13.8. The summed E-state index contributed by atoms with van der Waals surface area (Å²) in [5.74, 6) is -5.52. The Bertz CT molecular complexity index is 568. The molecule has 0 saturated heterocycles. The van der Waals surface area contributed by atoms with Gasteiger partial charge in [0.15, 0.2) is 0 Å². The van der Waals surface area contributed by atoms with Gasteiger partial charge in [0, 0.05) is 9.43 Å². The Hall–Kier alpha value is -1.60. The molecule has 0 radical (unpaired) electrons. The normalized spacial score (nSPS) is 14.5. The molecule has 0 aromatic heterocycles. The first-order chi connectivity index (χ1) is 9.08. The van der Waals surface area contributed by atoms with Gasteiger partial charge >= 0.3 is 33.4 Å². The maximum absolute atomic E-state index is 12.9. The first-order valence-corrected chi connectivity index (χ1v) is 5.68. The van der Waals surface area contributed by atoms with Crippen molar-refractivity contribution in [1.29, 1.82) is 0 Å². The van der Waals surface area contributed by atoms with Crippen molar-refractivity contribution >= 4 is 10.0 Å². The predicted molar refractivity (Wildman–Crippen MR) is 49.1 cm³/mol. The molecule has 0 fully saturated rings. The van der Waals surface area contributed by atoms with E-state index >= 15 is 0 Å². The molecule has 0 amide bonds. The second-order valence-corrected chi connectivity index (χ2v) is 4.75. The van der Waals surface area contributed by atoms with Crippen molar-refractivity contribution in [3.63, 3.8) is 0 Å². The number of halogens is 8. The van der Waals surface area contributed by atoms with E-state index in [1.165, 1.54) is 9.43 Å². The van der Waals surface area contributed by atoms with E-state index in [4.69, 9.17) is 5.53 Å². The first-order valence-electron chi connectivity index (χ1n) is 4.24. The topological polar surface area (TPSA) is 92.1 Å². The van der Waals surface area contributed by atoms with E-state index in [0.29, 0.717) is 0 Å². The molecular weight excluding hydrogens is 346 g/mol. The number of nitrogens with zero attached hydrogens (tertiary/aromatic N) is 3. The average Bonchev–Trinajstić information content (AvgIpc) is 2.26. The van der Waals surface area contributed by atoms with Gasteiger partial charge in [-0.05, 0) is 11.6 Å². The summed E-state index contributed by atoms with van der Waals surface area (Å²) in [6.45, 7) is 2.14. The van der Waals surface area contributed by atoms with Gasteiger partial charge in [-0.25, -0.2) is 13.2 Å². The van der Waals surface area contributed by atoms with Crippen molar-refractivity contribution in [2.24, 2.45) is 4.52 Å². The molecule has 0 aliphatic carbocycles. The minimum atomic E-state index is -6.70. The van der Waals surface area contributed by atoms with E-state index in [1.807, 2.05) is 4.74 Å². The summed E-state index contributed by atoms with van der Waals surface area (Å²) in [6, 6.07) is 0. The SMILES string of the molecule is C=CC(F)(F)C(F)(F)OC(F)(F)C(F)(F)S(=O)(=O)N=[N+]=[N-]. The lowest BCUT2D eigenvalue weighted by molar-refractivity contribution is -0.448. The molecule has 21 heavy (non-hydrogen) atoms. The highest BCUT2D eigenvalue weighted by Crippen LogP contribution is 2.47. The van der Waals surface area contributed by atoms with Crippen LogP contribution < -0.4 is 0 Å². The van der Waals surface area contributed by atoms with Gasteiger partial charge in [-0.3, -0.25) is 0 Å². The molecule has 0 N–H and O–H groups in total. The standard InChI is InChI=1S/C6H3F8N3O3S/c1-2-3(7,8)4(9,10)20-5(11,12)6(13,14)21(18,19)17-16-15/h2H,1H2. The summed E-state index contributed by atoms with van der Waals surface area (Å²) < 4.78 is 126. The maximum atomic E-state index is 12.9. The van der Waals surface area contributed by atoms with Gasteiger partial charge in [0.25, 0.3) is 0 Å². The zero-order valence-corrected chi connectivity index (χ0v) is 10.1. The number of hydrogen-bond acceptors (Lipinski definition) is 3. The third kappa shape index (κ3) is 3.36. The summed E-state index contributed by atoms with van der Waals surface area (Å²) in [5.41, 5.74) is 7.61. The van der Waals surface area contributed by atoms with Crippen LogP contribution in [0.25, 0.3) is 10.4 Å². The van der Waals surface area contributed by atoms with Crippen molar-refractivity contribution in [3.05, 3.63) is 23.1 Å². The number of rotatable bonds is 7. The lowest BCUT2D eigenvalue weighted by Gasteiger charge is -2.30. The summed E-state index contributed by atoms with van der Waals surface area (Å²) in [7, 11) is -6.70. The molecule has 0 rings (SSSR count). The molecule has 0 aliphatic heterocycles. The Morgan fingerprint density at radius 2 is 1.48 bits per heavy atom. The van der Waals surface area contributed by atoms with Crippen LogP contribution in [0.1, 0.15) is 0 Å². The Morgan fingerprint density at radius 1 is 1.05 bits per heavy atom. The molecule has 0 spiro atoms. The second-order valence-electron chi connectivity index (χ2n) is 3.13. The molecular formula is C6H3F8N3O3S. The number of hydrogen-bond donors (Lipinski definition) is 0. The van der Waals surface area contributed by atoms with Gasteiger partial charge in [0.05, 0.1) is 0 Å². The molecule has 0 aromatic rings. The van der Waals surface area contributed by atoms with Gasteiger partial charge in [-0.15, -0.1) is 0 Å².